The SMILES string of the molecule is CCN(CC)Cc1ccc(C(=O)Nc2cccc(C(=O)Nc3cccc(F)c3)c2)cc1. The predicted octanol–water partition coefficient (Wildman–Crippen LogP) is 5.17. The first-order valence-corrected chi connectivity index (χ1v) is 10.3. The lowest BCUT2D eigenvalue weighted by Crippen LogP contribution is -2.22. The molecule has 2 amide bonds. The van der Waals surface area contributed by atoms with E-state index in [0.29, 0.717) is 22.5 Å². The van der Waals surface area contributed by atoms with Crippen molar-refractivity contribution in [2.24, 2.45) is 0 Å². The molecular formula is C25H26FN3O2. The van der Waals surface area contributed by atoms with Crippen LogP contribution >= 0.6 is 0 Å². The first-order chi connectivity index (χ1) is 15.0. The third-order valence-corrected chi connectivity index (χ3v) is 4.98. The Kier molecular flexibility index (Phi) is 7.51. The van der Waals surface area contributed by atoms with Gasteiger partial charge in [-0.2, -0.15) is 0 Å². The van der Waals surface area contributed by atoms with Crippen LogP contribution in [0.1, 0.15) is 40.1 Å². The smallest absolute Gasteiger partial charge is 0.255 e. The molecule has 0 aliphatic heterocycles. The number of nitrogens with zero attached hydrogens (tertiary/aromatic N) is 1. The summed E-state index contributed by atoms with van der Waals surface area (Å²) in [5, 5.41) is 5.47. The Morgan fingerprint density at radius 3 is 1.97 bits per heavy atom. The number of carbonyl (C=O) groups excluding carboxylic acids is 2. The van der Waals surface area contributed by atoms with Gasteiger partial charge in [-0.15, -0.1) is 0 Å². The monoisotopic (exact) mass is 419 g/mol. The Labute approximate surface area is 181 Å². The summed E-state index contributed by atoms with van der Waals surface area (Å²) in [6.07, 6.45) is 0. The number of benzene rings is 3. The molecule has 0 saturated heterocycles. The molecule has 160 valence electrons. The topological polar surface area (TPSA) is 61.4 Å². The molecule has 0 aliphatic rings. The van der Waals surface area contributed by atoms with Crippen LogP contribution in [0.3, 0.4) is 0 Å². The van der Waals surface area contributed by atoms with Crippen LogP contribution in [-0.4, -0.2) is 29.8 Å². The second kappa shape index (κ2) is 10.5. The summed E-state index contributed by atoms with van der Waals surface area (Å²) in [5.74, 6) is -1.07. The van der Waals surface area contributed by atoms with Gasteiger partial charge < -0.3 is 10.6 Å². The number of rotatable bonds is 8. The number of amides is 2. The summed E-state index contributed by atoms with van der Waals surface area (Å²) >= 11 is 0. The van der Waals surface area contributed by atoms with Crippen LogP contribution in [0.2, 0.25) is 0 Å². The molecule has 0 heterocycles. The van der Waals surface area contributed by atoms with Gasteiger partial charge >= 0.3 is 0 Å². The van der Waals surface area contributed by atoms with Crippen LogP contribution < -0.4 is 10.6 Å². The van der Waals surface area contributed by atoms with Crippen LogP contribution in [0.25, 0.3) is 0 Å². The van der Waals surface area contributed by atoms with E-state index in [9.17, 15) is 14.0 Å². The number of nitrogens with one attached hydrogen (secondary N) is 2. The van der Waals surface area contributed by atoms with Crippen molar-refractivity contribution in [1.29, 1.82) is 0 Å². The quantitative estimate of drug-likeness (QED) is 0.529. The van der Waals surface area contributed by atoms with Gasteiger partial charge in [0.1, 0.15) is 5.82 Å². The standard InChI is InChI=1S/C25H26FN3O2/c1-3-29(4-2)17-18-11-13-19(14-12-18)24(30)27-22-9-5-7-20(15-22)25(31)28-23-10-6-8-21(26)16-23/h5-16H,3-4,17H2,1-2H3,(H,27,30)(H,28,31). The van der Waals surface area contributed by atoms with Crippen LogP contribution in [0.5, 0.6) is 0 Å². The summed E-state index contributed by atoms with van der Waals surface area (Å²) in [6, 6.07) is 19.8. The molecule has 31 heavy (non-hydrogen) atoms. The van der Waals surface area contributed by atoms with E-state index >= 15 is 0 Å². The first kappa shape index (κ1) is 22.2. The second-order valence-electron chi connectivity index (χ2n) is 7.16. The molecule has 0 fully saturated rings. The van der Waals surface area contributed by atoms with Gasteiger partial charge in [-0.25, -0.2) is 4.39 Å². The van der Waals surface area contributed by atoms with E-state index in [1.165, 1.54) is 18.2 Å². The van der Waals surface area contributed by atoms with Gasteiger partial charge in [0.15, 0.2) is 0 Å². The molecule has 3 aromatic rings. The average Bonchev–Trinajstić information content (AvgIpc) is 2.78. The van der Waals surface area contributed by atoms with E-state index in [-0.39, 0.29) is 11.8 Å². The number of halogens is 1. The summed E-state index contributed by atoms with van der Waals surface area (Å²) < 4.78 is 13.3. The van der Waals surface area contributed by atoms with Crippen molar-refractivity contribution in [3.8, 4) is 0 Å². The molecule has 6 heteroatoms. The maximum Gasteiger partial charge on any atom is 0.255 e. The van der Waals surface area contributed by atoms with Crippen LogP contribution in [0.15, 0.2) is 72.8 Å². The molecule has 0 spiro atoms. The van der Waals surface area contributed by atoms with Crippen molar-refractivity contribution >= 4 is 23.2 Å². The molecule has 3 rings (SSSR count). The van der Waals surface area contributed by atoms with Crippen LogP contribution in [-0.2, 0) is 6.54 Å². The molecule has 0 unspecified atom stereocenters. The third-order valence-electron chi connectivity index (χ3n) is 4.98. The number of anilines is 2. The zero-order valence-corrected chi connectivity index (χ0v) is 17.7. The van der Waals surface area contributed by atoms with E-state index in [1.807, 2.05) is 12.1 Å². The summed E-state index contributed by atoms with van der Waals surface area (Å²) in [6.45, 7) is 7.04. The van der Waals surface area contributed by atoms with Crippen molar-refractivity contribution in [1.82, 2.24) is 4.90 Å². The van der Waals surface area contributed by atoms with E-state index in [1.54, 1.807) is 42.5 Å². The van der Waals surface area contributed by atoms with Crippen molar-refractivity contribution in [2.45, 2.75) is 20.4 Å². The summed E-state index contributed by atoms with van der Waals surface area (Å²) in [7, 11) is 0. The first-order valence-electron chi connectivity index (χ1n) is 10.3. The van der Waals surface area contributed by atoms with Gasteiger partial charge in [-0.3, -0.25) is 14.5 Å². The highest BCUT2D eigenvalue weighted by molar-refractivity contribution is 6.07. The van der Waals surface area contributed by atoms with E-state index in [0.717, 1.165) is 25.2 Å². The summed E-state index contributed by atoms with van der Waals surface area (Å²) in [5.41, 5.74) is 2.92. The molecule has 0 bridgehead atoms. The van der Waals surface area contributed by atoms with Gasteiger partial charge in [0.2, 0.25) is 0 Å². The normalized spacial score (nSPS) is 10.7. The molecule has 0 radical (unpaired) electrons. The van der Waals surface area contributed by atoms with Gasteiger partial charge in [0.25, 0.3) is 11.8 Å². The molecule has 5 nitrogen and oxygen atoms in total. The minimum Gasteiger partial charge on any atom is -0.322 e. The Morgan fingerprint density at radius 1 is 0.774 bits per heavy atom. The van der Waals surface area contributed by atoms with Gasteiger partial charge in [0, 0.05) is 29.0 Å². The number of carbonyl (C=O) groups is 2. The Morgan fingerprint density at radius 2 is 1.35 bits per heavy atom. The van der Waals surface area contributed by atoms with Crippen LogP contribution in [0.4, 0.5) is 15.8 Å². The molecule has 0 atom stereocenters. The highest BCUT2D eigenvalue weighted by Crippen LogP contribution is 2.16. The van der Waals surface area contributed by atoms with E-state index in [2.05, 4.69) is 29.4 Å². The summed E-state index contributed by atoms with van der Waals surface area (Å²) in [4.78, 5) is 27.4. The Balaban J connectivity index is 1.64. The van der Waals surface area contributed by atoms with Crippen molar-refractivity contribution in [2.75, 3.05) is 23.7 Å². The van der Waals surface area contributed by atoms with E-state index in [4.69, 9.17) is 0 Å². The Hall–Kier alpha value is -3.51. The minimum absolute atomic E-state index is 0.253. The highest BCUT2D eigenvalue weighted by atomic mass is 19.1. The number of hydrogen-bond donors (Lipinski definition) is 2. The average molecular weight is 420 g/mol. The predicted molar refractivity (Wildman–Crippen MR) is 122 cm³/mol. The third kappa shape index (κ3) is 6.23. The maximum atomic E-state index is 13.3. The van der Waals surface area contributed by atoms with Crippen molar-refractivity contribution < 1.29 is 14.0 Å². The lowest BCUT2D eigenvalue weighted by Gasteiger charge is -2.18. The molecule has 2 N–H and O–H groups in total. The lowest BCUT2D eigenvalue weighted by atomic mass is 10.1. The molecular weight excluding hydrogens is 393 g/mol. The molecule has 3 aromatic carbocycles. The zero-order chi connectivity index (χ0) is 22.2. The fourth-order valence-electron chi connectivity index (χ4n) is 3.18. The van der Waals surface area contributed by atoms with Gasteiger partial charge in [-0.1, -0.05) is 38.1 Å². The van der Waals surface area contributed by atoms with Crippen molar-refractivity contribution in [3.63, 3.8) is 0 Å². The molecule has 0 aromatic heterocycles. The number of hydrogen-bond acceptors (Lipinski definition) is 3. The molecule has 0 aliphatic carbocycles. The van der Waals surface area contributed by atoms with E-state index < -0.39 is 5.82 Å². The zero-order valence-electron chi connectivity index (χ0n) is 17.7. The van der Waals surface area contributed by atoms with Gasteiger partial charge in [-0.05, 0) is 67.2 Å². The highest BCUT2D eigenvalue weighted by Gasteiger charge is 2.11. The van der Waals surface area contributed by atoms with Crippen molar-refractivity contribution in [3.05, 3.63) is 95.3 Å². The lowest BCUT2D eigenvalue weighted by molar-refractivity contribution is 0.101. The molecule has 0 saturated carbocycles. The Bertz CT molecular complexity index is 1050. The van der Waals surface area contributed by atoms with Gasteiger partial charge in [0.05, 0.1) is 0 Å². The largest absolute Gasteiger partial charge is 0.322 e. The second-order valence-corrected chi connectivity index (χ2v) is 7.16. The fourth-order valence-corrected chi connectivity index (χ4v) is 3.18. The fraction of sp³-hybridized carbons (Fsp3) is 0.200. The van der Waals surface area contributed by atoms with Crippen LogP contribution in [0, 0.1) is 5.82 Å². The minimum atomic E-state index is -0.429. The maximum absolute atomic E-state index is 13.3.